The molecule has 0 amide bonds. The number of hydrogen-bond donors (Lipinski definition) is 1. The number of sulfonamides is 1. The summed E-state index contributed by atoms with van der Waals surface area (Å²) < 4.78 is 52.5. The third-order valence-corrected chi connectivity index (χ3v) is 3.93. The fraction of sp³-hybridized carbons (Fsp3) is 0.0769. The van der Waals surface area contributed by atoms with Gasteiger partial charge in [0.25, 0.3) is 0 Å². The van der Waals surface area contributed by atoms with E-state index in [-0.39, 0.29) is 0 Å². The van der Waals surface area contributed by atoms with Crippen molar-refractivity contribution >= 4 is 27.3 Å². The van der Waals surface area contributed by atoms with Gasteiger partial charge < -0.3 is 0 Å². The molecule has 20 heavy (non-hydrogen) atoms. The molecule has 2 aromatic rings. The van der Waals surface area contributed by atoms with E-state index in [1.54, 1.807) is 18.2 Å². The monoisotopic (exact) mass is 317 g/mol. The summed E-state index contributed by atoms with van der Waals surface area (Å²) in [6, 6.07) is 9.32. The van der Waals surface area contributed by atoms with Crippen LogP contribution in [0, 0.1) is 11.6 Å². The summed E-state index contributed by atoms with van der Waals surface area (Å²) in [6.45, 7) is 0. The zero-order valence-electron chi connectivity index (χ0n) is 10.1. The minimum atomic E-state index is -3.94. The minimum Gasteiger partial charge on any atom is -0.278 e. The number of nitrogens with one attached hydrogen (secondary N) is 1. The van der Waals surface area contributed by atoms with Crippen molar-refractivity contribution in [3.8, 4) is 0 Å². The van der Waals surface area contributed by atoms with Crippen molar-refractivity contribution in [2.24, 2.45) is 0 Å². The van der Waals surface area contributed by atoms with Crippen molar-refractivity contribution in [1.29, 1.82) is 0 Å². The van der Waals surface area contributed by atoms with Crippen LogP contribution >= 0.6 is 11.6 Å². The van der Waals surface area contributed by atoms with Crippen molar-refractivity contribution in [2.75, 3.05) is 4.72 Å². The molecule has 0 saturated heterocycles. The highest BCUT2D eigenvalue weighted by atomic mass is 35.5. The zero-order chi connectivity index (χ0) is 14.8. The number of hydrogen-bond acceptors (Lipinski definition) is 2. The molecule has 0 bridgehead atoms. The molecule has 2 rings (SSSR count). The Kier molecular flexibility index (Phi) is 4.25. The first kappa shape index (κ1) is 14.7. The van der Waals surface area contributed by atoms with E-state index in [0.29, 0.717) is 10.6 Å². The largest absolute Gasteiger partial charge is 0.278 e. The SMILES string of the molecule is O=S(=O)(Cc1cccc(Cl)c1)Nc1c(F)cccc1F. The van der Waals surface area contributed by atoms with Crippen LogP contribution in [0.2, 0.25) is 5.02 Å². The van der Waals surface area contributed by atoms with E-state index in [4.69, 9.17) is 11.6 Å². The van der Waals surface area contributed by atoms with Gasteiger partial charge in [-0.15, -0.1) is 0 Å². The van der Waals surface area contributed by atoms with Crippen LogP contribution in [0.15, 0.2) is 42.5 Å². The van der Waals surface area contributed by atoms with Gasteiger partial charge in [0.1, 0.15) is 17.3 Å². The van der Waals surface area contributed by atoms with E-state index in [2.05, 4.69) is 0 Å². The van der Waals surface area contributed by atoms with Gasteiger partial charge in [-0.2, -0.15) is 0 Å². The van der Waals surface area contributed by atoms with Crippen LogP contribution in [0.1, 0.15) is 5.56 Å². The first-order chi connectivity index (χ1) is 9.37. The van der Waals surface area contributed by atoms with Gasteiger partial charge in [-0.1, -0.05) is 29.8 Å². The van der Waals surface area contributed by atoms with E-state index in [1.165, 1.54) is 6.07 Å². The molecule has 0 unspecified atom stereocenters. The number of halogens is 3. The van der Waals surface area contributed by atoms with E-state index < -0.39 is 33.1 Å². The van der Waals surface area contributed by atoms with Gasteiger partial charge in [-0.05, 0) is 29.8 Å². The van der Waals surface area contributed by atoms with Crippen molar-refractivity contribution in [2.45, 2.75) is 5.75 Å². The Morgan fingerprint density at radius 1 is 1.05 bits per heavy atom. The fourth-order valence-electron chi connectivity index (χ4n) is 1.63. The van der Waals surface area contributed by atoms with Gasteiger partial charge in [0.2, 0.25) is 10.0 Å². The molecule has 0 aromatic heterocycles. The smallest absolute Gasteiger partial charge is 0.237 e. The second-order valence-electron chi connectivity index (χ2n) is 4.09. The molecule has 0 aliphatic rings. The molecule has 0 spiro atoms. The highest BCUT2D eigenvalue weighted by Crippen LogP contribution is 2.21. The topological polar surface area (TPSA) is 46.2 Å². The minimum absolute atomic E-state index is 0.384. The van der Waals surface area contributed by atoms with Gasteiger partial charge in [-0.3, -0.25) is 4.72 Å². The molecule has 7 heteroatoms. The van der Waals surface area contributed by atoms with E-state index in [9.17, 15) is 17.2 Å². The molecule has 0 atom stereocenters. The quantitative estimate of drug-likeness (QED) is 0.937. The number of para-hydroxylation sites is 1. The second kappa shape index (κ2) is 5.76. The zero-order valence-corrected chi connectivity index (χ0v) is 11.7. The first-order valence-electron chi connectivity index (χ1n) is 5.56. The van der Waals surface area contributed by atoms with Gasteiger partial charge in [0.15, 0.2) is 0 Å². The van der Waals surface area contributed by atoms with Gasteiger partial charge in [0.05, 0.1) is 5.75 Å². The predicted octanol–water partition coefficient (Wildman–Crippen LogP) is 3.56. The molecule has 1 N–H and O–H groups in total. The van der Waals surface area contributed by atoms with Crippen molar-refractivity contribution in [3.63, 3.8) is 0 Å². The lowest BCUT2D eigenvalue weighted by atomic mass is 10.2. The van der Waals surface area contributed by atoms with Crippen LogP contribution in [0.5, 0.6) is 0 Å². The Balaban J connectivity index is 2.24. The second-order valence-corrected chi connectivity index (χ2v) is 6.25. The summed E-state index contributed by atoms with van der Waals surface area (Å²) in [5, 5.41) is 0.384. The Bertz CT molecular complexity index is 715. The molecule has 0 radical (unpaired) electrons. The molecule has 0 saturated carbocycles. The standard InChI is InChI=1S/C13H10ClF2NO2S/c14-10-4-1-3-9(7-10)8-20(18,19)17-13-11(15)5-2-6-12(13)16/h1-7,17H,8H2. The maximum Gasteiger partial charge on any atom is 0.237 e. The average Bonchev–Trinajstić information content (AvgIpc) is 2.33. The summed E-state index contributed by atoms with van der Waals surface area (Å²) in [7, 11) is -3.94. The summed E-state index contributed by atoms with van der Waals surface area (Å²) in [6.07, 6.45) is 0. The third kappa shape index (κ3) is 3.68. The molecule has 106 valence electrons. The van der Waals surface area contributed by atoms with Crippen LogP contribution in [-0.4, -0.2) is 8.42 Å². The Morgan fingerprint density at radius 3 is 2.25 bits per heavy atom. The number of anilines is 1. The van der Waals surface area contributed by atoms with E-state index in [1.807, 2.05) is 4.72 Å². The Morgan fingerprint density at radius 2 is 1.65 bits per heavy atom. The maximum atomic E-state index is 13.4. The highest BCUT2D eigenvalue weighted by Gasteiger charge is 2.17. The molecule has 0 fully saturated rings. The predicted molar refractivity (Wildman–Crippen MR) is 74.1 cm³/mol. The lowest BCUT2D eigenvalue weighted by molar-refractivity contribution is 0.582. The normalized spacial score (nSPS) is 11.3. The number of rotatable bonds is 4. The van der Waals surface area contributed by atoms with Crippen LogP contribution in [0.4, 0.5) is 14.5 Å². The fourth-order valence-corrected chi connectivity index (χ4v) is 3.04. The van der Waals surface area contributed by atoms with Crippen LogP contribution in [0.3, 0.4) is 0 Å². The van der Waals surface area contributed by atoms with E-state index in [0.717, 1.165) is 18.2 Å². The average molecular weight is 318 g/mol. The first-order valence-corrected chi connectivity index (χ1v) is 7.59. The van der Waals surface area contributed by atoms with Crippen molar-refractivity contribution in [3.05, 3.63) is 64.7 Å². The molecule has 0 aliphatic heterocycles. The Hall–Kier alpha value is -1.66. The summed E-state index contributed by atoms with van der Waals surface area (Å²) >= 11 is 5.75. The third-order valence-electron chi connectivity index (χ3n) is 2.47. The maximum absolute atomic E-state index is 13.4. The van der Waals surface area contributed by atoms with Crippen LogP contribution < -0.4 is 4.72 Å². The Labute approximate surface area is 120 Å². The molecular formula is C13H10ClF2NO2S. The van der Waals surface area contributed by atoms with Gasteiger partial charge >= 0.3 is 0 Å². The molecule has 3 nitrogen and oxygen atoms in total. The molecule has 0 heterocycles. The van der Waals surface area contributed by atoms with Crippen LogP contribution in [-0.2, 0) is 15.8 Å². The summed E-state index contributed by atoms with van der Waals surface area (Å²) in [4.78, 5) is 0. The van der Waals surface area contributed by atoms with Crippen LogP contribution in [0.25, 0.3) is 0 Å². The molecule has 0 aliphatic carbocycles. The highest BCUT2D eigenvalue weighted by molar-refractivity contribution is 7.91. The molecular weight excluding hydrogens is 308 g/mol. The van der Waals surface area contributed by atoms with E-state index >= 15 is 0 Å². The lowest BCUT2D eigenvalue weighted by Crippen LogP contribution is -2.17. The summed E-state index contributed by atoms with van der Waals surface area (Å²) in [5.41, 5.74) is -0.267. The van der Waals surface area contributed by atoms with Gasteiger partial charge in [-0.25, -0.2) is 17.2 Å². The van der Waals surface area contributed by atoms with Gasteiger partial charge in [0, 0.05) is 5.02 Å². The number of benzene rings is 2. The lowest BCUT2D eigenvalue weighted by Gasteiger charge is -2.10. The summed E-state index contributed by atoms with van der Waals surface area (Å²) in [5.74, 6) is -2.37. The molecule has 2 aromatic carbocycles. The van der Waals surface area contributed by atoms with Crippen molar-refractivity contribution in [1.82, 2.24) is 0 Å². The van der Waals surface area contributed by atoms with Crippen molar-refractivity contribution < 1.29 is 17.2 Å².